The van der Waals surface area contributed by atoms with Gasteiger partial charge in [-0.1, -0.05) is 91.9 Å². The van der Waals surface area contributed by atoms with Gasteiger partial charge in [-0.25, -0.2) is 0 Å². The van der Waals surface area contributed by atoms with Crippen LogP contribution in [0.5, 0.6) is 0 Å². The van der Waals surface area contributed by atoms with Crippen LogP contribution >= 0.6 is 0 Å². The summed E-state index contributed by atoms with van der Waals surface area (Å²) < 4.78 is 5.21. The highest BCUT2D eigenvalue weighted by molar-refractivity contribution is 5.69. The number of esters is 1. The lowest BCUT2D eigenvalue weighted by atomic mass is 10.1. The van der Waals surface area contributed by atoms with E-state index < -0.39 is 0 Å². The Balaban J connectivity index is 0. The average Bonchev–Trinajstić information content (AvgIpc) is 2.59. The minimum atomic E-state index is -0.0359. The fourth-order valence-electron chi connectivity index (χ4n) is 2.32. The maximum atomic E-state index is 11.5. The van der Waals surface area contributed by atoms with Gasteiger partial charge in [-0.05, 0) is 6.42 Å². The molecule has 0 saturated carbocycles. The van der Waals surface area contributed by atoms with E-state index in [4.69, 9.17) is 4.74 Å². The summed E-state index contributed by atoms with van der Waals surface area (Å²) in [6, 6.07) is 0. The van der Waals surface area contributed by atoms with E-state index in [1.165, 1.54) is 57.8 Å². The summed E-state index contributed by atoms with van der Waals surface area (Å²) in [5, 5.41) is 0. The van der Waals surface area contributed by atoms with Crippen LogP contribution in [-0.4, -0.2) is 19.1 Å². The minimum absolute atomic E-state index is 0.0359. The van der Waals surface area contributed by atoms with Crippen LogP contribution in [0.1, 0.15) is 105 Å². The summed E-state index contributed by atoms with van der Waals surface area (Å²) in [5.41, 5.74) is 3.80. The van der Waals surface area contributed by atoms with Crippen molar-refractivity contribution < 1.29 is 15.3 Å². The van der Waals surface area contributed by atoms with Gasteiger partial charge in [0.25, 0.3) is 0 Å². The molecule has 0 saturated heterocycles. The molecule has 0 amide bonds. The van der Waals surface area contributed by atoms with Crippen LogP contribution in [0.15, 0.2) is 0 Å². The summed E-state index contributed by atoms with van der Waals surface area (Å²) in [6.07, 6.45) is 15.0. The Hall–Kier alpha value is -0.570. The Morgan fingerprint density at radius 3 is 1.74 bits per heavy atom. The minimum Gasteiger partial charge on any atom is -0.465 e. The second kappa shape index (κ2) is 21.4. The fraction of sp³-hybridized carbons (Fsp3) is 0.950. The van der Waals surface area contributed by atoms with Gasteiger partial charge in [-0.2, -0.15) is 0 Å². The standard InChI is InChI=1S/C18H37NO2.C2H6/c1-3-4-5-6-7-8-9-10-11-12-13-14-18(20)21-16-17(2)15-19;1-2/h17H,3-16,19H2,1-2H3;1-2H3/p+1. The highest BCUT2D eigenvalue weighted by Gasteiger charge is 2.06. The number of unbranched alkanes of at least 4 members (excludes halogenated alkanes) is 10. The van der Waals surface area contributed by atoms with Gasteiger partial charge in [-0.15, -0.1) is 0 Å². The SMILES string of the molecule is CC.CCCCCCCCCCCCCC(=O)OCC(C)C[NH3+]. The van der Waals surface area contributed by atoms with E-state index in [9.17, 15) is 4.79 Å². The molecule has 140 valence electrons. The van der Waals surface area contributed by atoms with Crippen molar-refractivity contribution in [2.45, 2.75) is 105 Å². The summed E-state index contributed by atoms with van der Waals surface area (Å²) in [7, 11) is 0. The molecule has 0 heterocycles. The maximum Gasteiger partial charge on any atom is 0.305 e. The topological polar surface area (TPSA) is 53.9 Å². The van der Waals surface area contributed by atoms with E-state index in [1.54, 1.807) is 0 Å². The Kier molecular flexibility index (Phi) is 23.0. The maximum absolute atomic E-state index is 11.5. The third kappa shape index (κ3) is 21.4. The molecule has 0 aliphatic carbocycles. The van der Waals surface area contributed by atoms with Gasteiger partial charge in [0.1, 0.15) is 0 Å². The Morgan fingerprint density at radius 2 is 1.30 bits per heavy atom. The number of carbonyl (C=O) groups excluding carboxylic acids is 1. The number of rotatable bonds is 15. The predicted molar refractivity (Wildman–Crippen MR) is 100 cm³/mol. The summed E-state index contributed by atoms with van der Waals surface area (Å²) in [5.74, 6) is 0.345. The van der Waals surface area contributed by atoms with E-state index in [2.05, 4.69) is 19.6 Å². The van der Waals surface area contributed by atoms with Crippen molar-refractivity contribution in [3.8, 4) is 0 Å². The Labute approximate surface area is 145 Å². The summed E-state index contributed by atoms with van der Waals surface area (Å²) in [4.78, 5) is 11.5. The molecule has 0 fully saturated rings. The summed E-state index contributed by atoms with van der Waals surface area (Å²) >= 11 is 0. The molecule has 3 heteroatoms. The van der Waals surface area contributed by atoms with Gasteiger partial charge in [-0.3, -0.25) is 4.79 Å². The van der Waals surface area contributed by atoms with Crippen LogP contribution in [0, 0.1) is 5.92 Å². The molecule has 1 atom stereocenters. The van der Waals surface area contributed by atoms with Crippen molar-refractivity contribution in [2.24, 2.45) is 5.92 Å². The van der Waals surface area contributed by atoms with Gasteiger partial charge in [0.05, 0.1) is 13.2 Å². The van der Waals surface area contributed by atoms with Crippen molar-refractivity contribution >= 4 is 5.97 Å². The zero-order valence-electron chi connectivity index (χ0n) is 16.5. The van der Waals surface area contributed by atoms with Crippen LogP contribution < -0.4 is 5.73 Å². The molecule has 0 aromatic heterocycles. The van der Waals surface area contributed by atoms with Crippen molar-refractivity contribution in [2.75, 3.05) is 13.2 Å². The average molecular weight is 331 g/mol. The van der Waals surface area contributed by atoms with Gasteiger partial charge in [0, 0.05) is 12.3 Å². The number of carbonyl (C=O) groups is 1. The second-order valence-corrected chi connectivity index (χ2v) is 6.36. The molecule has 23 heavy (non-hydrogen) atoms. The first kappa shape index (κ1) is 24.7. The largest absolute Gasteiger partial charge is 0.465 e. The van der Waals surface area contributed by atoms with Gasteiger partial charge in [0.2, 0.25) is 0 Å². The zero-order valence-corrected chi connectivity index (χ0v) is 16.5. The Morgan fingerprint density at radius 1 is 0.870 bits per heavy atom. The zero-order chi connectivity index (χ0) is 17.8. The van der Waals surface area contributed by atoms with Crippen molar-refractivity contribution in [1.82, 2.24) is 0 Å². The molecule has 0 aliphatic heterocycles. The summed E-state index contributed by atoms with van der Waals surface area (Å²) in [6.45, 7) is 9.67. The highest BCUT2D eigenvalue weighted by Crippen LogP contribution is 2.12. The van der Waals surface area contributed by atoms with Crippen LogP contribution in [0.4, 0.5) is 0 Å². The monoisotopic (exact) mass is 330 g/mol. The van der Waals surface area contributed by atoms with Crippen LogP contribution in [0.25, 0.3) is 0 Å². The van der Waals surface area contributed by atoms with Gasteiger partial charge >= 0.3 is 5.97 Å². The normalized spacial score (nSPS) is 11.5. The number of ether oxygens (including phenoxy) is 1. The van der Waals surface area contributed by atoms with E-state index in [0.717, 1.165) is 19.4 Å². The molecular weight excluding hydrogens is 286 g/mol. The van der Waals surface area contributed by atoms with Crippen LogP contribution in [-0.2, 0) is 9.53 Å². The molecule has 0 aromatic rings. The lowest BCUT2D eigenvalue weighted by Crippen LogP contribution is -2.54. The predicted octanol–water partition coefficient (Wildman–Crippen LogP) is 5.13. The molecule has 1 unspecified atom stereocenters. The van der Waals surface area contributed by atoms with E-state index >= 15 is 0 Å². The molecule has 3 N–H and O–H groups in total. The van der Waals surface area contributed by atoms with Crippen molar-refractivity contribution in [1.29, 1.82) is 0 Å². The smallest absolute Gasteiger partial charge is 0.305 e. The van der Waals surface area contributed by atoms with E-state index in [0.29, 0.717) is 18.9 Å². The molecule has 0 radical (unpaired) electrons. The molecule has 0 rings (SSSR count). The molecule has 3 nitrogen and oxygen atoms in total. The van der Waals surface area contributed by atoms with Crippen LogP contribution in [0.3, 0.4) is 0 Å². The molecule has 0 aromatic carbocycles. The van der Waals surface area contributed by atoms with E-state index in [-0.39, 0.29) is 5.97 Å². The number of hydrogen-bond donors (Lipinski definition) is 1. The van der Waals surface area contributed by atoms with Crippen LogP contribution in [0.2, 0.25) is 0 Å². The number of hydrogen-bond acceptors (Lipinski definition) is 2. The quantitative estimate of drug-likeness (QED) is 0.334. The second-order valence-electron chi connectivity index (χ2n) is 6.36. The van der Waals surface area contributed by atoms with Gasteiger partial charge in [0.15, 0.2) is 0 Å². The highest BCUT2D eigenvalue weighted by atomic mass is 16.5. The Bertz CT molecular complexity index is 232. The number of quaternary nitrogens is 1. The van der Waals surface area contributed by atoms with E-state index in [1.807, 2.05) is 13.8 Å². The van der Waals surface area contributed by atoms with Crippen molar-refractivity contribution in [3.63, 3.8) is 0 Å². The molecule has 0 aliphatic rings. The third-order valence-corrected chi connectivity index (χ3v) is 4.01. The first-order valence-corrected chi connectivity index (χ1v) is 10.2. The molecular formula is C20H44NO2+. The molecule has 0 bridgehead atoms. The lowest BCUT2D eigenvalue weighted by molar-refractivity contribution is -0.379. The first-order chi connectivity index (χ1) is 11.2. The fourth-order valence-corrected chi connectivity index (χ4v) is 2.32. The lowest BCUT2D eigenvalue weighted by Gasteiger charge is -2.08. The van der Waals surface area contributed by atoms with Crippen molar-refractivity contribution in [3.05, 3.63) is 0 Å². The molecule has 0 spiro atoms. The third-order valence-electron chi connectivity index (χ3n) is 4.01. The van der Waals surface area contributed by atoms with Gasteiger partial charge < -0.3 is 10.5 Å². The first-order valence-electron chi connectivity index (χ1n) is 10.2.